The van der Waals surface area contributed by atoms with E-state index in [4.69, 9.17) is 9.47 Å². The van der Waals surface area contributed by atoms with Crippen LogP contribution in [0.2, 0.25) is 0 Å². The summed E-state index contributed by atoms with van der Waals surface area (Å²) in [5.74, 6) is 1.67. The van der Waals surface area contributed by atoms with Crippen LogP contribution in [-0.4, -0.2) is 33.2 Å². The maximum atomic E-state index is 12.7. The fourth-order valence-corrected chi connectivity index (χ4v) is 4.56. The summed E-state index contributed by atoms with van der Waals surface area (Å²) < 4.78 is 10.8. The lowest BCUT2D eigenvalue weighted by molar-refractivity contribution is -0.908. The van der Waals surface area contributed by atoms with Crippen LogP contribution in [0.15, 0.2) is 36.4 Å². The van der Waals surface area contributed by atoms with Crippen molar-refractivity contribution >= 4 is 5.91 Å². The number of rotatable bonds is 5. The summed E-state index contributed by atoms with van der Waals surface area (Å²) >= 11 is 0. The number of amides is 1. The van der Waals surface area contributed by atoms with Crippen molar-refractivity contribution < 1.29 is 19.2 Å². The Hall–Kier alpha value is -2.53. The number of aryl methyl sites for hydroxylation is 1. The number of fused-ring (bicyclic) bond motifs is 2. The lowest BCUT2D eigenvalue weighted by atomic mass is 9.88. The fourth-order valence-electron chi connectivity index (χ4n) is 4.56. The molecule has 1 aliphatic carbocycles. The lowest BCUT2D eigenvalue weighted by Crippen LogP contribution is -3.12. The molecule has 0 aromatic heterocycles. The predicted molar refractivity (Wildman–Crippen MR) is 108 cm³/mol. The third kappa shape index (κ3) is 3.85. The van der Waals surface area contributed by atoms with E-state index in [9.17, 15) is 4.79 Å². The summed E-state index contributed by atoms with van der Waals surface area (Å²) in [5.41, 5.74) is 5.20. The zero-order valence-electron chi connectivity index (χ0n) is 16.7. The molecule has 5 heteroatoms. The molecule has 0 radical (unpaired) electrons. The van der Waals surface area contributed by atoms with Crippen LogP contribution < -0.4 is 19.7 Å². The van der Waals surface area contributed by atoms with Gasteiger partial charge in [0.1, 0.15) is 6.54 Å². The highest BCUT2D eigenvalue weighted by molar-refractivity contribution is 5.77. The average molecular weight is 381 g/mol. The Morgan fingerprint density at radius 1 is 1.07 bits per heavy atom. The average Bonchev–Trinajstić information content (AvgIpc) is 2.73. The van der Waals surface area contributed by atoms with Gasteiger partial charge < -0.3 is 19.7 Å². The molecular formula is C23H29N2O3+. The summed E-state index contributed by atoms with van der Waals surface area (Å²) in [6.07, 6.45) is 4.22. The van der Waals surface area contributed by atoms with Crippen LogP contribution in [-0.2, 0) is 24.2 Å². The predicted octanol–water partition coefficient (Wildman–Crippen LogP) is 1.84. The monoisotopic (exact) mass is 381 g/mol. The SMILES string of the molecule is COc1cc2c(cc1OC)C[NH+](CC(=O)N[C@@H]1CCCc3ccccc31)CC2. The number of ether oxygens (including phenoxy) is 2. The number of benzene rings is 2. The molecule has 2 aromatic rings. The van der Waals surface area contributed by atoms with Gasteiger partial charge in [-0.3, -0.25) is 4.79 Å². The van der Waals surface area contributed by atoms with Crippen LogP contribution in [0.5, 0.6) is 11.5 Å². The van der Waals surface area contributed by atoms with E-state index in [1.807, 2.05) is 0 Å². The molecule has 4 rings (SSSR count). The molecule has 2 aliphatic rings. The highest BCUT2D eigenvalue weighted by Gasteiger charge is 2.26. The zero-order valence-corrected chi connectivity index (χ0v) is 16.7. The molecule has 1 unspecified atom stereocenters. The maximum absolute atomic E-state index is 12.7. The number of carbonyl (C=O) groups excluding carboxylic acids is 1. The van der Waals surface area contributed by atoms with Gasteiger partial charge in [-0.1, -0.05) is 24.3 Å². The Labute approximate surface area is 166 Å². The Bertz CT molecular complexity index is 865. The smallest absolute Gasteiger partial charge is 0.275 e. The van der Waals surface area contributed by atoms with E-state index in [-0.39, 0.29) is 11.9 Å². The molecule has 0 fully saturated rings. The van der Waals surface area contributed by atoms with E-state index < -0.39 is 0 Å². The van der Waals surface area contributed by atoms with Crippen LogP contribution in [0.25, 0.3) is 0 Å². The van der Waals surface area contributed by atoms with Gasteiger partial charge in [-0.15, -0.1) is 0 Å². The zero-order chi connectivity index (χ0) is 19.5. The molecule has 5 nitrogen and oxygen atoms in total. The van der Waals surface area contributed by atoms with Crippen LogP contribution >= 0.6 is 0 Å². The van der Waals surface area contributed by atoms with Gasteiger partial charge in [-0.2, -0.15) is 0 Å². The topological polar surface area (TPSA) is 52.0 Å². The number of methoxy groups -OCH3 is 2. The molecule has 2 aromatic carbocycles. The van der Waals surface area contributed by atoms with Gasteiger partial charge >= 0.3 is 0 Å². The molecule has 0 saturated heterocycles. The Balaban J connectivity index is 1.40. The first-order valence-electron chi connectivity index (χ1n) is 10.1. The summed E-state index contributed by atoms with van der Waals surface area (Å²) in [6, 6.07) is 12.8. The lowest BCUT2D eigenvalue weighted by Gasteiger charge is -2.29. The van der Waals surface area contributed by atoms with Crippen molar-refractivity contribution in [2.75, 3.05) is 27.3 Å². The van der Waals surface area contributed by atoms with Crippen LogP contribution in [0.3, 0.4) is 0 Å². The summed E-state index contributed by atoms with van der Waals surface area (Å²) in [7, 11) is 3.32. The first kappa shape index (κ1) is 18.8. The number of hydrogen-bond acceptors (Lipinski definition) is 3. The highest BCUT2D eigenvalue weighted by atomic mass is 16.5. The third-order valence-corrected chi connectivity index (χ3v) is 6.01. The third-order valence-electron chi connectivity index (χ3n) is 6.01. The number of nitrogens with one attached hydrogen (secondary N) is 2. The second-order valence-electron chi connectivity index (χ2n) is 7.79. The van der Waals surface area contributed by atoms with E-state index in [0.29, 0.717) is 6.54 Å². The highest BCUT2D eigenvalue weighted by Crippen LogP contribution is 2.31. The van der Waals surface area contributed by atoms with Crippen molar-refractivity contribution in [3.8, 4) is 11.5 Å². The number of hydrogen-bond donors (Lipinski definition) is 2. The Morgan fingerprint density at radius 2 is 1.82 bits per heavy atom. The summed E-state index contributed by atoms with van der Waals surface area (Å²) in [6.45, 7) is 2.30. The minimum absolute atomic E-state index is 0.139. The standard InChI is InChI=1S/C23H28N2O3/c1-27-21-12-17-10-11-25(14-18(17)13-22(21)28-2)15-23(26)24-20-9-5-7-16-6-3-4-8-19(16)20/h3-4,6,8,12-13,20H,5,7,9-11,14-15H2,1-2H3,(H,24,26)/p+1/t20-/m1/s1. The van der Waals surface area contributed by atoms with Crippen molar-refractivity contribution in [3.05, 3.63) is 58.7 Å². The van der Waals surface area contributed by atoms with Crippen molar-refractivity contribution in [1.82, 2.24) is 5.32 Å². The quantitative estimate of drug-likeness (QED) is 0.831. The molecule has 1 aliphatic heterocycles. The van der Waals surface area contributed by atoms with E-state index in [1.54, 1.807) is 14.2 Å². The van der Waals surface area contributed by atoms with Crippen molar-refractivity contribution in [2.24, 2.45) is 0 Å². The Morgan fingerprint density at radius 3 is 2.61 bits per heavy atom. The molecule has 1 heterocycles. The molecule has 2 atom stereocenters. The van der Waals surface area contributed by atoms with E-state index in [0.717, 1.165) is 50.3 Å². The van der Waals surface area contributed by atoms with E-state index >= 15 is 0 Å². The molecular weight excluding hydrogens is 352 g/mol. The second-order valence-corrected chi connectivity index (χ2v) is 7.79. The summed E-state index contributed by atoms with van der Waals surface area (Å²) in [5, 5.41) is 3.28. The Kier molecular flexibility index (Phi) is 5.53. The molecule has 0 spiro atoms. The number of quaternary nitrogens is 1. The van der Waals surface area contributed by atoms with Gasteiger partial charge in [0.25, 0.3) is 5.91 Å². The van der Waals surface area contributed by atoms with Gasteiger partial charge in [-0.25, -0.2) is 0 Å². The van der Waals surface area contributed by atoms with E-state index in [1.165, 1.54) is 27.2 Å². The molecule has 2 N–H and O–H groups in total. The normalized spacial score (nSPS) is 20.6. The molecule has 1 amide bonds. The largest absolute Gasteiger partial charge is 0.493 e. The molecule has 0 bridgehead atoms. The van der Waals surface area contributed by atoms with Gasteiger partial charge in [0, 0.05) is 12.0 Å². The van der Waals surface area contributed by atoms with Crippen LogP contribution in [0.4, 0.5) is 0 Å². The maximum Gasteiger partial charge on any atom is 0.275 e. The molecule has 0 saturated carbocycles. The van der Waals surface area contributed by atoms with Gasteiger partial charge in [-0.05, 0) is 48.1 Å². The first-order chi connectivity index (χ1) is 13.7. The van der Waals surface area contributed by atoms with Gasteiger partial charge in [0.2, 0.25) is 0 Å². The van der Waals surface area contributed by atoms with Crippen molar-refractivity contribution in [1.29, 1.82) is 0 Å². The van der Waals surface area contributed by atoms with Crippen molar-refractivity contribution in [2.45, 2.75) is 38.3 Å². The molecule has 148 valence electrons. The molecule has 28 heavy (non-hydrogen) atoms. The van der Waals surface area contributed by atoms with Gasteiger partial charge in [0.15, 0.2) is 18.0 Å². The summed E-state index contributed by atoms with van der Waals surface area (Å²) in [4.78, 5) is 14.0. The number of carbonyl (C=O) groups is 1. The van der Waals surface area contributed by atoms with Crippen LogP contribution in [0.1, 0.15) is 41.1 Å². The minimum Gasteiger partial charge on any atom is -0.493 e. The van der Waals surface area contributed by atoms with Crippen LogP contribution in [0, 0.1) is 0 Å². The second kappa shape index (κ2) is 8.23. The fraction of sp³-hybridized carbons (Fsp3) is 0.435. The minimum atomic E-state index is 0.139. The first-order valence-corrected chi connectivity index (χ1v) is 10.1. The van der Waals surface area contributed by atoms with Gasteiger partial charge in [0.05, 0.1) is 26.8 Å². The van der Waals surface area contributed by atoms with E-state index in [2.05, 4.69) is 41.7 Å². The van der Waals surface area contributed by atoms with Crippen molar-refractivity contribution in [3.63, 3.8) is 0 Å².